The molecule has 0 saturated heterocycles. The molecule has 0 spiro atoms. The second kappa shape index (κ2) is 5.44. The fourth-order valence-corrected chi connectivity index (χ4v) is 19.6. The highest BCUT2D eigenvalue weighted by Crippen LogP contribution is 2.03. The first kappa shape index (κ1) is 9.65. The SMILES string of the molecule is CC[SiH]([SiH3])[SiH](CC)CC. The van der Waals surface area contributed by atoms with Crippen LogP contribution in [0.1, 0.15) is 20.8 Å². The third-order valence-corrected chi connectivity index (χ3v) is 27.5. The Balaban J connectivity index is 3.50. The molecule has 0 aliphatic heterocycles. The molecule has 1 unspecified atom stereocenters. The average molecular weight is 176 g/mol. The maximum Gasteiger partial charge on any atom is 0.0239 e. The third-order valence-electron chi connectivity index (χ3n) is 2.50. The van der Waals surface area contributed by atoms with Crippen molar-refractivity contribution in [2.45, 2.75) is 38.9 Å². The zero-order valence-electron chi connectivity index (χ0n) is 7.28. The zero-order valence-corrected chi connectivity index (χ0v) is 11.6. The van der Waals surface area contributed by atoms with Gasteiger partial charge in [0.1, 0.15) is 0 Å². The Hall–Kier alpha value is 0.651. The predicted octanol–water partition coefficient (Wildman–Crippen LogP) is 0.441. The van der Waals surface area contributed by atoms with Crippen LogP contribution in [0.3, 0.4) is 0 Å². The Morgan fingerprint density at radius 1 is 1.00 bits per heavy atom. The van der Waals surface area contributed by atoms with Crippen molar-refractivity contribution in [2.75, 3.05) is 0 Å². The van der Waals surface area contributed by atoms with Crippen molar-refractivity contribution in [3.05, 3.63) is 0 Å². The summed E-state index contributed by atoms with van der Waals surface area (Å²) in [6.45, 7) is 7.23. The van der Waals surface area contributed by atoms with Gasteiger partial charge in [-0.15, -0.1) is 0 Å². The van der Waals surface area contributed by atoms with Crippen LogP contribution >= 0.6 is 0 Å². The lowest BCUT2D eigenvalue weighted by molar-refractivity contribution is 1.33. The first-order chi connectivity index (χ1) is 4.26. The molecule has 0 bridgehead atoms. The summed E-state index contributed by atoms with van der Waals surface area (Å²) in [5, 5.41) is 0. The van der Waals surface area contributed by atoms with Gasteiger partial charge in [-0.2, -0.15) is 0 Å². The molecule has 3 heteroatoms. The quantitative estimate of drug-likeness (QED) is 0.546. The highest BCUT2D eigenvalue weighted by molar-refractivity contribution is 7.41. The molecular weight excluding hydrogens is 156 g/mol. The van der Waals surface area contributed by atoms with E-state index < -0.39 is 0 Å². The zero-order chi connectivity index (χ0) is 7.28. The van der Waals surface area contributed by atoms with Crippen LogP contribution in [0.15, 0.2) is 0 Å². The topological polar surface area (TPSA) is 0 Å². The van der Waals surface area contributed by atoms with Crippen molar-refractivity contribution in [3.63, 3.8) is 0 Å². The summed E-state index contributed by atoms with van der Waals surface area (Å²) in [7, 11) is 1.49. The third kappa shape index (κ3) is 3.37. The largest absolute Gasteiger partial charge is 0.0685 e. The van der Waals surface area contributed by atoms with Crippen LogP contribution in [-0.2, 0) is 0 Å². The molecule has 0 aliphatic rings. The van der Waals surface area contributed by atoms with E-state index in [0.29, 0.717) is 0 Å². The van der Waals surface area contributed by atoms with Crippen LogP contribution in [-0.4, -0.2) is 25.9 Å². The Kier molecular flexibility index (Phi) is 5.83. The van der Waals surface area contributed by atoms with Crippen LogP contribution in [0.5, 0.6) is 0 Å². The van der Waals surface area contributed by atoms with Gasteiger partial charge in [0.2, 0.25) is 0 Å². The fraction of sp³-hybridized carbons (Fsp3) is 1.00. The van der Waals surface area contributed by atoms with Gasteiger partial charge in [0.15, 0.2) is 0 Å². The summed E-state index contributed by atoms with van der Waals surface area (Å²) in [6, 6.07) is 4.78. The molecule has 0 aromatic carbocycles. The van der Waals surface area contributed by atoms with Crippen LogP contribution in [0.4, 0.5) is 0 Å². The second-order valence-corrected chi connectivity index (χ2v) is 23.6. The molecule has 0 radical (unpaired) electrons. The molecule has 56 valence electrons. The summed E-state index contributed by atoms with van der Waals surface area (Å²) in [5.74, 6) is 0. The van der Waals surface area contributed by atoms with Crippen molar-refractivity contribution in [1.82, 2.24) is 0 Å². The predicted molar refractivity (Wildman–Crippen MR) is 55.7 cm³/mol. The molecule has 0 nitrogen and oxygen atoms in total. The Bertz CT molecular complexity index is 61.3. The highest BCUT2D eigenvalue weighted by Gasteiger charge is 2.13. The van der Waals surface area contributed by atoms with Gasteiger partial charge in [-0.25, -0.2) is 0 Å². The Morgan fingerprint density at radius 3 is 1.56 bits per heavy atom. The van der Waals surface area contributed by atoms with E-state index in [1.807, 2.05) is 0 Å². The molecule has 9 heavy (non-hydrogen) atoms. The molecule has 0 fully saturated rings. The normalized spacial score (nSPS) is 14.7. The minimum absolute atomic E-state index is 0.0185. The van der Waals surface area contributed by atoms with Gasteiger partial charge in [0, 0.05) is 16.1 Å². The van der Waals surface area contributed by atoms with Crippen molar-refractivity contribution in [1.29, 1.82) is 0 Å². The van der Waals surface area contributed by atoms with Gasteiger partial charge >= 0.3 is 0 Å². The number of rotatable bonds is 4. The van der Waals surface area contributed by atoms with E-state index in [1.54, 1.807) is 27.9 Å². The lowest BCUT2D eigenvalue weighted by Crippen LogP contribution is -2.33. The lowest BCUT2D eigenvalue weighted by atomic mass is 11.0. The van der Waals surface area contributed by atoms with Gasteiger partial charge in [0.05, 0.1) is 0 Å². The van der Waals surface area contributed by atoms with Gasteiger partial charge in [-0.1, -0.05) is 38.9 Å². The van der Waals surface area contributed by atoms with Gasteiger partial charge in [0.25, 0.3) is 0 Å². The summed E-state index contributed by atoms with van der Waals surface area (Å²) in [6.07, 6.45) is 0. The van der Waals surface area contributed by atoms with Crippen LogP contribution < -0.4 is 0 Å². The van der Waals surface area contributed by atoms with Crippen molar-refractivity contribution >= 4 is 25.9 Å². The fourth-order valence-electron chi connectivity index (χ4n) is 1.43. The smallest absolute Gasteiger partial charge is 0.0239 e. The van der Waals surface area contributed by atoms with E-state index in [4.69, 9.17) is 0 Å². The van der Waals surface area contributed by atoms with E-state index in [0.717, 1.165) is 0 Å². The standard InChI is InChI=1S/C6H20Si3/c1-4-8(5-2)9(7)6-3/h8-9H,4-6H2,1-3,7H3. The number of hydrogen-bond acceptors (Lipinski definition) is 0. The van der Waals surface area contributed by atoms with Crippen LogP contribution in [0.25, 0.3) is 0 Å². The summed E-state index contributed by atoms with van der Waals surface area (Å²) >= 11 is 0. The molecule has 0 N–H and O–H groups in total. The van der Waals surface area contributed by atoms with Crippen molar-refractivity contribution in [3.8, 4) is 0 Å². The molecule has 0 aliphatic carbocycles. The molecule has 0 aromatic rings. The minimum Gasteiger partial charge on any atom is -0.0685 e. The van der Waals surface area contributed by atoms with Crippen molar-refractivity contribution in [2.24, 2.45) is 0 Å². The molecule has 0 saturated carbocycles. The minimum atomic E-state index is -0.0856. The Labute approximate surface area is 65.3 Å². The summed E-state index contributed by atoms with van der Waals surface area (Å²) < 4.78 is 0. The van der Waals surface area contributed by atoms with E-state index >= 15 is 0 Å². The van der Waals surface area contributed by atoms with E-state index in [1.165, 1.54) is 0 Å². The van der Waals surface area contributed by atoms with E-state index in [-0.39, 0.29) is 16.1 Å². The monoisotopic (exact) mass is 176 g/mol. The molecule has 0 heterocycles. The molecule has 0 aromatic heterocycles. The van der Waals surface area contributed by atoms with Crippen LogP contribution in [0, 0.1) is 0 Å². The molecule has 0 rings (SSSR count). The van der Waals surface area contributed by atoms with E-state index in [2.05, 4.69) is 20.8 Å². The average Bonchev–Trinajstić information content (AvgIpc) is 1.90. The molecule has 0 amide bonds. The van der Waals surface area contributed by atoms with Gasteiger partial charge in [-0.3, -0.25) is 0 Å². The maximum absolute atomic E-state index is 2.41. The highest BCUT2D eigenvalue weighted by atomic mass is 29.6. The first-order valence-electron chi connectivity index (χ1n) is 4.26. The lowest BCUT2D eigenvalue weighted by Gasteiger charge is -2.15. The van der Waals surface area contributed by atoms with Crippen LogP contribution in [0.2, 0.25) is 18.1 Å². The van der Waals surface area contributed by atoms with Crippen molar-refractivity contribution < 1.29 is 0 Å². The first-order valence-corrected chi connectivity index (χ1v) is 14.0. The van der Waals surface area contributed by atoms with Gasteiger partial charge < -0.3 is 0 Å². The van der Waals surface area contributed by atoms with E-state index in [9.17, 15) is 0 Å². The second-order valence-electron chi connectivity index (χ2n) is 2.96. The summed E-state index contributed by atoms with van der Waals surface area (Å²) in [5.41, 5.74) is 0. The molecular formula is C6H20Si3. The number of hydrogen-bond donors (Lipinski definition) is 0. The Morgan fingerprint density at radius 2 is 1.44 bits per heavy atom. The molecule has 1 atom stereocenters. The maximum atomic E-state index is 2.41. The van der Waals surface area contributed by atoms with Gasteiger partial charge in [-0.05, 0) is 9.76 Å². The summed E-state index contributed by atoms with van der Waals surface area (Å²) in [4.78, 5) is 0.